The summed E-state index contributed by atoms with van der Waals surface area (Å²) in [6.07, 6.45) is 10.0. The molecule has 4 aliphatic rings. The normalized spacial score (nSPS) is 56.5. The number of methoxy groups -OCH3 is 1. The Balaban J connectivity index is 1.65. The van der Waals surface area contributed by atoms with Crippen molar-refractivity contribution in [3.63, 3.8) is 0 Å². The zero-order chi connectivity index (χ0) is 20.5. The standard InChI is InChI=1S/C22H34O2/c1-14(23)18-7-8-19-17-6-5-15-13-16(24-4)9-11-21(15,2)20(17)10-12-22(18,19)3/h5,16-20H,6-13H2,1-4H3/t16-,17-,18+,19-,20-,21-,22+/m0/s1/i1D3,18D. The Hall–Kier alpha value is -0.630. The van der Waals surface area contributed by atoms with E-state index in [9.17, 15) is 4.79 Å². The molecule has 3 fully saturated rings. The van der Waals surface area contributed by atoms with Crippen LogP contribution in [0.25, 0.3) is 0 Å². The third-order valence-electron chi connectivity index (χ3n) is 8.45. The van der Waals surface area contributed by atoms with Gasteiger partial charge in [0.25, 0.3) is 0 Å². The van der Waals surface area contributed by atoms with Crippen LogP contribution >= 0.6 is 0 Å². The van der Waals surface area contributed by atoms with Crippen molar-refractivity contribution in [2.75, 3.05) is 7.11 Å². The maximum atomic E-state index is 12.8. The van der Waals surface area contributed by atoms with Gasteiger partial charge in [-0.1, -0.05) is 25.5 Å². The topological polar surface area (TPSA) is 26.3 Å². The van der Waals surface area contributed by atoms with Gasteiger partial charge in [-0.25, -0.2) is 0 Å². The molecule has 0 amide bonds. The summed E-state index contributed by atoms with van der Waals surface area (Å²) in [6.45, 7) is 1.78. The lowest BCUT2D eigenvalue weighted by Crippen LogP contribution is -2.51. The molecule has 0 bridgehead atoms. The first-order chi connectivity index (χ1) is 13.0. The molecule has 0 aromatic carbocycles. The number of carbonyl (C=O) groups is 1. The highest BCUT2D eigenvalue weighted by molar-refractivity contribution is 5.79. The van der Waals surface area contributed by atoms with Crippen LogP contribution in [0.3, 0.4) is 0 Å². The van der Waals surface area contributed by atoms with Gasteiger partial charge >= 0.3 is 0 Å². The highest BCUT2D eigenvalue weighted by Crippen LogP contribution is 2.66. The van der Waals surface area contributed by atoms with E-state index in [4.69, 9.17) is 10.2 Å². The fraction of sp³-hybridized carbons (Fsp3) is 0.864. The van der Waals surface area contributed by atoms with Gasteiger partial charge < -0.3 is 4.74 Å². The number of Topliss-reactive ketones (excluding diaryl/α,β-unsaturated/α-hetero) is 1. The third-order valence-corrected chi connectivity index (χ3v) is 8.45. The first kappa shape index (κ1) is 12.7. The van der Waals surface area contributed by atoms with E-state index in [-0.39, 0.29) is 11.3 Å². The van der Waals surface area contributed by atoms with Gasteiger partial charge in [0.15, 0.2) is 0 Å². The van der Waals surface area contributed by atoms with Crippen LogP contribution in [0.1, 0.15) is 77.5 Å². The molecule has 134 valence electrons. The molecule has 0 N–H and O–H groups in total. The van der Waals surface area contributed by atoms with Crippen molar-refractivity contribution < 1.29 is 15.0 Å². The quantitative estimate of drug-likeness (QED) is 0.651. The molecule has 0 heterocycles. The average molecular weight is 335 g/mol. The lowest BCUT2D eigenvalue weighted by atomic mass is 9.47. The summed E-state index contributed by atoms with van der Waals surface area (Å²) in [5, 5.41) is 0. The maximum absolute atomic E-state index is 12.8. The lowest BCUT2D eigenvalue weighted by Gasteiger charge is -2.58. The fourth-order valence-corrected chi connectivity index (χ4v) is 7.01. The summed E-state index contributed by atoms with van der Waals surface area (Å²) < 4.78 is 37.5. The number of carbonyl (C=O) groups excluding carboxylic acids is 1. The molecule has 0 aromatic heterocycles. The summed E-state index contributed by atoms with van der Waals surface area (Å²) in [5.41, 5.74) is 1.22. The second-order valence-electron chi connectivity index (χ2n) is 9.16. The molecular weight excluding hydrogens is 296 g/mol. The zero-order valence-electron chi connectivity index (χ0n) is 19.4. The number of allylic oxidation sites excluding steroid dienone is 1. The van der Waals surface area contributed by atoms with Crippen molar-refractivity contribution in [1.82, 2.24) is 0 Å². The van der Waals surface area contributed by atoms with E-state index in [0.29, 0.717) is 24.4 Å². The SMILES string of the molecule is [2H]C([2H])([2H])C(=O)[C@@]1([2H])CC[C@H]2[C@@H]3CC=C4C[C@@H](OC)CC[C@]4(C)[C@H]3CC[C@@]21C. The van der Waals surface area contributed by atoms with E-state index in [1.165, 1.54) is 0 Å². The Kier molecular flexibility index (Phi) is 3.01. The van der Waals surface area contributed by atoms with Crippen molar-refractivity contribution in [2.45, 2.75) is 78.2 Å². The predicted octanol–water partition coefficient (Wildman–Crippen LogP) is 5.17. The van der Waals surface area contributed by atoms with E-state index in [2.05, 4.69) is 13.0 Å². The highest BCUT2D eigenvalue weighted by atomic mass is 16.5. The van der Waals surface area contributed by atoms with Gasteiger partial charge in [0, 0.05) is 18.5 Å². The van der Waals surface area contributed by atoms with Gasteiger partial charge in [0.2, 0.25) is 0 Å². The summed E-state index contributed by atoms with van der Waals surface area (Å²) in [6, 6.07) is 0. The average Bonchev–Trinajstić information content (AvgIpc) is 2.92. The van der Waals surface area contributed by atoms with E-state index in [1.807, 2.05) is 6.92 Å². The van der Waals surface area contributed by atoms with Crippen molar-refractivity contribution in [3.05, 3.63) is 11.6 Å². The van der Waals surface area contributed by atoms with Crippen molar-refractivity contribution >= 4 is 5.78 Å². The molecule has 3 saturated carbocycles. The molecule has 0 radical (unpaired) electrons. The van der Waals surface area contributed by atoms with Crippen molar-refractivity contribution in [3.8, 4) is 0 Å². The minimum atomic E-state index is -2.68. The van der Waals surface area contributed by atoms with Gasteiger partial charge in [0.1, 0.15) is 5.78 Å². The third kappa shape index (κ3) is 2.21. The number of fused-ring (bicyclic) bond motifs is 5. The molecule has 2 nitrogen and oxygen atoms in total. The Bertz CT molecular complexity index is 701. The molecule has 2 heteroatoms. The fourth-order valence-electron chi connectivity index (χ4n) is 7.01. The van der Waals surface area contributed by atoms with E-state index in [1.54, 1.807) is 12.7 Å². The summed E-state index contributed by atoms with van der Waals surface area (Å²) in [7, 11) is 1.81. The van der Waals surface area contributed by atoms with Crippen molar-refractivity contribution in [1.29, 1.82) is 0 Å². The van der Waals surface area contributed by atoms with Crippen LogP contribution in [0, 0.1) is 34.5 Å². The summed E-state index contributed by atoms with van der Waals surface area (Å²) in [4.78, 5) is 12.8. The molecule has 4 rings (SSSR count). The number of ketones is 1. The molecular formula is C22H34O2. The highest BCUT2D eigenvalue weighted by Gasteiger charge is 2.59. The summed E-state index contributed by atoms with van der Waals surface area (Å²) in [5.74, 6) is -0.990. The van der Waals surface area contributed by atoms with Gasteiger partial charge in [-0.3, -0.25) is 4.79 Å². The van der Waals surface area contributed by atoms with Crippen molar-refractivity contribution in [2.24, 2.45) is 34.5 Å². The van der Waals surface area contributed by atoms with Gasteiger partial charge in [-0.2, -0.15) is 0 Å². The second-order valence-corrected chi connectivity index (χ2v) is 9.16. The number of ether oxygens (including phenoxy) is 1. The second kappa shape index (κ2) is 5.69. The Labute approximate surface area is 153 Å². The molecule has 24 heavy (non-hydrogen) atoms. The monoisotopic (exact) mass is 334 g/mol. The Morgan fingerprint density at radius 1 is 1.25 bits per heavy atom. The first-order valence-corrected chi connectivity index (χ1v) is 9.74. The minimum Gasteiger partial charge on any atom is -0.381 e. The lowest BCUT2D eigenvalue weighted by molar-refractivity contribution is -0.127. The van der Waals surface area contributed by atoms with Gasteiger partial charge in [0.05, 0.1) is 6.10 Å². The summed E-state index contributed by atoms with van der Waals surface area (Å²) >= 11 is 0. The van der Waals surface area contributed by atoms with E-state index in [0.717, 1.165) is 44.9 Å². The predicted molar refractivity (Wildman–Crippen MR) is 96.7 cm³/mol. The molecule has 7 atom stereocenters. The largest absolute Gasteiger partial charge is 0.381 e. The van der Waals surface area contributed by atoms with Crippen LogP contribution in [0.15, 0.2) is 11.6 Å². The molecule has 0 spiro atoms. The van der Waals surface area contributed by atoms with Gasteiger partial charge in [-0.05, 0) is 86.8 Å². The van der Waals surface area contributed by atoms with Gasteiger partial charge in [-0.15, -0.1) is 0 Å². The molecule has 0 aromatic rings. The first-order valence-electron chi connectivity index (χ1n) is 11.7. The Morgan fingerprint density at radius 3 is 2.83 bits per heavy atom. The minimum absolute atomic E-state index is 0.195. The molecule has 0 unspecified atom stereocenters. The van der Waals surface area contributed by atoms with Crippen LogP contribution in [0.5, 0.6) is 0 Å². The molecule has 4 aliphatic carbocycles. The molecule has 0 aliphatic heterocycles. The van der Waals surface area contributed by atoms with E-state index >= 15 is 0 Å². The zero-order valence-corrected chi connectivity index (χ0v) is 15.4. The van der Waals surface area contributed by atoms with E-state index < -0.39 is 23.9 Å². The number of hydrogen-bond donors (Lipinski definition) is 0. The van der Waals surface area contributed by atoms with Crippen LogP contribution in [0.4, 0.5) is 0 Å². The van der Waals surface area contributed by atoms with Crippen LogP contribution < -0.4 is 0 Å². The van der Waals surface area contributed by atoms with Crippen LogP contribution in [-0.2, 0) is 9.53 Å². The maximum Gasteiger partial charge on any atom is 0.133 e. The van der Waals surface area contributed by atoms with Crippen LogP contribution in [-0.4, -0.2) is 19.0 Å². The Morgan fingerprint density at radius 2 is 2.08 bits per heavy atom. The van der Waals surface area contributed by atoms with Crippen LogP contribution in [0.2, 0.25) is 0 Å². The number of hydrogen-bond acceptors (Lipinski definition) is 2. The smallest absolute Gasteiger partial charge is 0.133 e. The molecule has 0 saturated heterocycles. The number of rotatable bonds is 2.